The molecule has 84 valence electrons. The maximum atomic E-state index is 5.30. The third-order valence-electron chi connectivity index (χ3n) is 3.16. The second kappa shape index (κ2) is 4.25. The fourth-order valence-electron chi connectivity index (χ4n) is 2.32. The normalized spacial score (nSPS) is 15.8. The molecule has 0 bridgehead atoms. The molecule has 2 aromatic rings. The maximum absolute atomic E-state index is 5.30. The van der Waals surface area contributed by atoms with Gasteiger partial charge in [0.05, 0.1) is 0 Å². The second-order valence-corrected chi connectivity index (χ2v) is 6.50. The Morgan fingerprint density at radius 3 is 3.00 bits per heavy atom. The Balaban J connectivity index is 2.17. The first-order chi connectivity index (χ1) is 7.88. The Bertz CT molecular complexity index is 518. The van der Waals surface area contributed by atoms with Gasteiger partial charge in [-0.15, -0.1) is 0 Å². The number of benzene rings is 1. The van der Waals surface area contributed by atoms with Gasteiger partial charge in [-0.1, -0.05) is 0 Å². The Morgan fingerprint density at radius 2 is 2.12 bits per heavy atom. The van der Waals surface area contributed by atoms with Crippen molar-refractivity contribution in [2.75, 3.05) is 20.2 Å². The number of hydrogen-bond donors (Lipinski definition) is 1. The Kier molecular flexibility index (Phi) is 2.76. The standard InChI is InChI=1S/C13H15NOSe/c1-15-9-2-3-10-11-4-6-14-7-5-12(11)16-13(10)8-9/h2-3,8,14H,4-7H2,1H3. The summed E-state index contributed by atoms with van der Waals surface area (Å²) < 4.78 is 8.50. The van der Waals surface area contributed by atoms with Gasteiger partial charge in [-0.25, -0.2) is 0 Å². The summed E-state index contributed by atoms with van der Waals surface area (Å²) in [6, 6.07) is 6.55. The Labute approximate surface area is 101 Å². The topological polar surface area (TPSA) is 21.3 Å². The number of nitrogens with one attached hydrogen (secondary N) is 1. The van der Waals surface area contributed by atoms with E-state index in [9.17, 15) is 0 Å². The number of methoxy groups -OCH3 is 1. The van der Waals surface area contributed by atoms with Crippen molar-refractivity contribution in [1.29, 1.82) is 0 Å². The van der Waals surface area contributed by atoms with Gasteiger partial charge in [0, 0.05) is 0 Å². The Hall–Kier alpha value is -0.761. The van der Waals surface area contributed by atoms with Gasteiger partial charge in [0.1, 0.15) is 0 Å². The van der Waals surface area contributed by atoms with Crippen LogP contribution in [0.15, 0.2) is 18.2 Å². The summed E-state index contributed by atoms with van der Waals surface area (Å²) in [5.74, 6) is 0.997. The summed E-state index contributed by atoms with van der Waals surface area (Å²) in [6.07, 6.45) is 2.42. The summed E-state index contributed by atoms with van der Waals surface area (Å²) >= 11 is 0.533. The van der Waals surface area contributed by atoms with Crippen molar-refractivity contribution in [2.24, 2.45) is 0 Å². The molecule has 2 nitrogen and oxygen atoms in total. The molecule has 1 aliphatic rings. The molecule has 0 spiro atoms. The van der Waals surface area contributed by atoms with E-state index in [4.69, 9.17) is 4.74 Å². The molecule has 0 saturated heterocycles. The van der Waals surface area contributed by atoms with E-state index in [-0.39, 0.29) is 0 Å². The van der Waals surface area contributed by atoms with Crippen molar-refractivity contribution >= 4 is 24.1 Å². The minimum absolute atomic E-state index is 0.533. The predicted octanol–water partition coefficient (Wildman–Crippen LogP) is 1.59. The van der Waals surface area contributed by atoms with Crippen molar-refractivity contribution in [2.45, 2.75) is 12.8 Å². The van der Waals surface area contributed by atoms with Crippen LogP contribution in [0.5, 0.6) is 5.75 Å². The van der Waals surface area contributed by atoms with Crippen LogP contribution >= 0.6 is 0 Å². The molecule has 0 aliphatic carbocycles. The molecule has 1 N–H and O–H groups in total. The van der Waals surface area contributed by atoms with Crippen LogP contribution in [0.3, 0.4) is 0 Å². The van der Waals surface area contributed by atoms with E-state index < -0.39 is 0 Å². The van der Waals surface area contributed by atoms with Crippen LogP contribution < -0.4 is 10.1 Å². The molecule has 0 fully saturated rings. The van der Waals surface area contributed by atoms with Crippen LogP contribution in [0, 0.1) is 0 Å². The van der Waals surface area contributed by atoms with E-state index in [0.717, 1.165) is 18.8 Å². The second-order valence-electron chi connectivity index (χ2n) is 4.12. The predicted molar refractivity (Wildman–Crippen MR) is 67.7 cm³/mol. The Morgan fingerprint density at radius 1 is 1.25 bits per heavy atom. The first kappa shape index (κ1) is 10.4. The van der Waals surface area contributed by atoms with Crippen LogP contribution in [0.25, 0.3) is 9.65 Å². The van der Waals surface area contributed by atoms with Gasteiger partial charge in [-0.05, 0) is 0 Å². The summed E-state index contributed by atoms with van der Waals surface area (Å²) in [5, 5.41) is 4.96. The summed E-state index contributed by atoms with van der Waals surface area (Å²) in [4.78, 5) is 0. The molecule has 1 aliphatic heterocycles. The molecule has 16 heavy (non-hydrogen) atoms. The van der Waals surface area contributed by atoms with Gasteiger partial charge in [-0.3, -0.25) is 0 Å². The number of hydrogen-bond acceptors (Lipinski definition) is 2. The quantitative estimate of drug-likeness (QED) is 0.801. The number of fused-ring (bicyclic) bond motifs is 3. The zero-order valence-corrected chi connectivity index (χ0v) is 11.1. The molecule has 0 radical (unpaired) electrons. The van der Waals surface area contributed by atoms with Crippen molar-refractivity contribution in [3.05, 3.63) is 28.2 Å². The molecule has 3 heteroatoms. The van der Waals surface area contributed by atoms with Gasteiger partial charge in [0.2, 0.25) is 0 Å². The third kappa shape index (κ3) is 1.69. The zero-order valence-electron chi connectivity index (χ0n) is 9.38. The summed E-state index contributed by atoms with van der Waals surface area (Å²) in [6.45, 7) is 2.27. The monoisotopic (exact) mass is 281 g/mol. The molecular formula is C13H15NOSe. The van der Waals surface area contributed by atoms with Crippen LogP contribution in [-0.2, 0) is 12.8 Å². The third-order valence-corrected chi connectivity index (χ3v) is 5.80. The van der Waals surface area contributed by atoms with Crippen LogP contribution in [0.2, 0.25) is 0 Å². The van der Waals surface area contributed by atoms with Crippen LogP contribution in [0.1, 0.15) is 10.0 Å². The van der Waals surface area contributed by atoms with Gasteiger partial charge in [0.25, 0.3) is 0 Å². The van der Waals surface area contributed by atoms with E-state index in [1.54, 1.807) is 17.1 Å². The summed E-state index contributed by atoms with van der Waals surface area (Å²) in [5.41, 5.74) is 1.61. The molecule has 0 atom stereocenters. The van der Waals surface area contributed by atoms with Crippen molar-refractivity contribution < 1.29 is 4.74 Å². The van der Waals surface area contributed by atoms with Gasteiger partial charge in [0.15, 0.2) is 0 Å². The first-order valence-corrected chi connectivity index (χ1v) is 7.39. The van der Waals surface area contributed by atoms with E-state index in [1.807, 2.05) is 0 Å². The molecule has 1 aromatic carbocycles. The van der Waals surface area contributed by atoms with E-state index in [1.165, 1.54) is 22.5 Å². The fraction of sp³-hybridized carbons (Fsp3) is 0.385. The van der Waals surface area contributed by atoms with Gasteiger partial charge >= 0.3 is 101 Å². The minimum atomic E-state index is 0.533. The molecule has 2 heterocycles. The van der Waals surface area contributed by atoms with Gasteiger partial charge < -0.3 is 0 Å². The van der Waals surface area contributed by atoms with Crippen LogP contribution in [0.4, 0.5) is 0 Å². The average Bonchev–Trinajstić information content (AvgIpc) is 2.50. The van der Waals surface area contributed by atoms with Gasteiger partial charge in [-0.2, -0.15) is 0 Å². The molecule has 0 unspecified atom stereocenters. The SMILES string of the molecule is COc1ccc2c3c([se]c2c1)CCNCC3. The number of ether oxygens (including phenoxy) is 1. The molecule has 3 rings (SSSR count). The zero-order chi connectivity index (χ0) is 11.0. The van der Waals surface area contributed by atoms with Crippen molar-refractivity contribution in [3.8, 4) is 5.75 Å². The van der Waals surface area contributed by atoms with Crippen molar-refractivity contribution in [3.63, 3.8) is 0 Å². The molecule has 1 aromatic heterocycles. The van der Waals surface area contributed by atoms with E-state index in [0.29, 0.717) is 14.5 Å². The fourth-order valence-corrected chi connectivity index (χ4v) is 5.01. The van der Waals surface area contributed by atoms with E-state index >= 15 is 0 Å². The molecule has 0 saturated carbocycles. The summed E-state index contributed by atoms with van der Waals surface area (Å²) in [7, 11) is 1.74. The van der Waals surface area contributed by atoms with Crippen molar-refractivity contribution in [1.82, 2.24) is 5.32 Å². The number of rotatable bonds is 1. The average molecular weight is 280 g/mol. The molecular weight excluding hydrogens is 265 g/mol. The first-order valence-electron chi connectivity index (χ1n) is 5.67. The molecule has 0 amide bonds. The van der Waals surface area contributed by atoms with E-state index in [2.05, 4.69) is 23.5 Å². The van der Waals surface area contributed by atoms with Crippen LogP contribution in [-0.4, -0.2) is 34.7 Å².